The van der Waals surface area contributed by atoms with Crippen LogP contribution in [0.5, 0.6) is 0 Å². The van der Waals surface area contributed by atoms with Crippen LogP contribution in [0.15, 0.2) is 9.59 Å². The van der Waals surface area contributed by atoms with Gasteiger partial charge < -0.3 is 21.5 Å². The van der Waals surface area contributed by atoms with Crippen LogP contribution < -0.4 is 27.2 Å². The van der Waals surface area contributed by atoms with E-state index in [1.807, 2.05) is 6.92 Å². The Hall–Kier alpha value is -1.89. The first-order valence-electron chi connectivity index (χ1n) is 14.8. The lowest BCUT2D eigenvalue weighted by atomic mass is 9.40. The second kappa shape index (κ2) is 8.30. The predicted molar refractivity (Wildman–Crippen MR) is 146 cm³/mol. The molecule has 7 heteroatoms. The minimum absolute atomic E-state index is 0.0109. The number of hydrogen-bond donors (Lipinski definition) is 4. The molecular formula is C30H45N3O4. The van der Waals surface area contributed by atoms with Crippen molar-refractivity contribution in [3.05, 3.63) is 20.4 Å². The fraction of sp³-hybridized carbons (Fsp3) is 0.833. The number of hydrogen-bond acceptors (Lipinski definition) is 6. The number of nitrogens with one attached hydrogen (secondary N) is 2. The summed E-state index contributed by atoms with van der Waals surface area (Å²) in [6, 6.07) is 0.205. The van der Waals surface area contributed by atoms with E-state index in [4.69, 9.17) is 5.73 Å². The molecule has 9 atom stereocenters. The van der Waals surface area contributed by atoms with E-state index >= 15 is 0 Å². The Balaban J connectivity index is 1.26. The minimum Gasteiger partial charge on any atom is -0.481 e. The maximum Gasteiger partial charge on any atom is 0.309 e. The molecule has 0 aromatic heterocycles. The van der Waals surface area contributed by atoms with E-state index in [-0.39, 0.29) is 40.3 Å². The monoisotopic (exact) mass is 511 g/mol. The maximum atomic E-state index is 12.7. The molecule has 2 bridgehead atoms. The number of carboxylic acid groups (broad SMARTS) is 1. The number of anilines is 2. The van der Waals surface area contributed by atoms with E-state index in [1.54, 1.807) is 0 Å². The molecule has 5 fully saturated rings. The zero-order chi connectivity index (χ0) is 26.4. The number of aliphatic carboxylic acids is 1. The molecule has 5 aliphatic carbocycles. The highest BCUT2D eigenvalue weighted by atomic mass is 16.4. The summed E-state index contributed by atoms with van der Waals surface area (Å²) >= 11 is 0. The third-order valence-electron chi connectivity index (χ3n) is 12.5. The van der Waals surface area contributed by atoms with Crippen LogP contribution in [0.25, 0.3) is 0 Å². The Morgan fingerprint density at radius 2 is 1.54 bits per heavy atom. The highest BCUT2D eigenvalue weighted by Crippen LogP contribution is 2.74. The number of carbonyl (C=O) groups is 1. The average molecular weight is 512 g/mol. The van der Waals surface area contributed by atoms with Crippen molar-refractivity contribution in [2.24, 2.45) is 39.2 Å². The number of rotatable bonds is 5. The van der Waals surface area contributed by atoms with E-state index in [9.17, 15) is 19.5 Å². The Morgan fingerprint density at radius 3 is 2.24 bits per heavy atom. The normalized spacial score (nSPS) is 47.2. The van der Waals surface area contributed by atoms with E-state index in [1.165, 1.54) is 0 Å². The molecule has 0 unspecified atom stereocenters. The summed E-state index contributed by atoms with van der Waals surface area (Å²) < 4.78 is 0. The van der Waals surface area contributed by atoms with Crippen molar-refractivity contribution in [2.75, 3.05) is 10.6 Å². The van der Waals surface area contributed by atoms with Gasteiger partial charge in [-0.2, -0.15) is 0 Å². The topological polar surface area (TPSA) is 122 Å². The van der Waals surface area contributed by atoms with E-state index in [0.717, 1.165) is 83.5 Å². The quantitative estimate of drug-likeness (QED) is 0.425. The fourth-order valence-electron chi connectivity index (χ4n) is 10.6. The summed E-state index contributed by atoms with van der Waals surface area (Å²) in [6.45, 7) is 6.76. The number of fused-ring (bicyclic) bond motifs is 3. The number of nitrogens with two attached hydrogens (primary N) is 1. The van der Waals surface area contributed by atoms with Gasteiger partial charge in [0, 0.05) is 18.1 Å². The van der Waals surface area contributed by atoms with Crippen molar-refractivity contribution in [1.82, 2.24) is 0 Å². The molecule has 5 saturated carbocycles. The molecule has 0 aliphatic heterocycles. The van der Waals surface area contributed by atoms with Gasteiger partial charge in [-0.25, -0.2) is 0 Å². The van der Waals surface area contributed by atoms with Crippen molar-refractivity contribution in [1.29, 1.82) is 0 Å². The first-order chi connectivity index (χ1) is 17.4. The van der Waals surface area contributed by atoms with Crippen LogP contribution in [0.4, 0.5) is 11.4 Å². The number of carboxylic acids is 1. The zero-order valence-corrected chi connectivity index (χ0v) is 22.8. The minimum atomic E-state index is -0.629. The first kappa shape index (κ1) is 25.4. The van der Waals surface area contributed by atoms with Crippen LogP contribution in [-0.2, 0) is 4.79 Å². The van der Waals surface area contributed by atoms with Crippen LogP contribution in [-0.4, -0.2) is 29.2 Å². The third kappa shape index (κ3) is 3.51. The van der Waals surface area contributed by atoms with Gasteiger partial charge in [0.1, 0.15) is 11.4 Å². The standard InChI is InChI=1S/C30H45N3O4/c1-27-13-9-20-28(2)11-6-12-29(3,26(36)37)19(28)10-14-30(20,16-27)15-21(27)33-23-22(24(34)25(23)35)32-18-8-5-4-7-17(18)31/h17-21,32-33H,4-16,31H2,1-3H3,(H,36,37)/t17-,18-,19-,20-,21+,27+,28+,29+,30+/m0/s1. The van der Waals surface area contributed by atoms with Crippen LogP contribution >= 0.6 is 0 Å². The van der Waals surface area contributed by atoms with Gasteiger partial charge in [0.05, 0.1) is 5.41 Å². The molecule has 204 valence electrons. The van der Waals surface area contributed by atoms with E-state index in [2.05, 4.69) is 24.5 Å². The van der Waals surface area contributed by atoms with Crippen molar-refractivity contribution in [3.63, 3.8) is 0 Å². The molecule has 37 heavy (non-hydrogen) atoms. The van der Waals surface area contributed by atoms with Gasteiger partial charge in [-0.3, -0.25) is 14.4 Å². The largest absolute Gasteiger partial charge is 0.481 e. The van der Waals surface area contributed by atoms with Gasteiger partial charge >= 0.3 is 5.97 Å². The van der Waals surface area contributed by atoms with Crippen LogP contribution in [0.1, 0.15) is 104 Å². The molecule has 1 aromatic carbocycles. The molecule has 0 saturated heterocycles. The second-order valence-electron chi connectivity index (χ2n) is 14.5. The fourth-order valence-corrected chi connectivity index (χ4v) is 10.6. The van der Waals surface area contributed by atoms with Gasteiger partial charge in [0.2, 0.25) is 0 Å². The SMILES string of the molecule is C[C@]12CC[C@@H]3[C@](CC[C@H]4[C@@]3(C)CCC[C@@]4(C)C(=O)O)(C[C@H]1Nc1c(N[C@H]3CCCC[C@@H]3N)c(=O)c1=O)C2. The van der Waals surface area contributed by atoms with Gasteiger partial charge in [-0.05, 0) is 99.2 Å². The summed E-state index contributed by atoms with van der Waals surface area (Å²) in [5.41, 5.74) is 6.12. The van der Waals surface area contributed by atoms with E-state index < -0.39 is 22.2 Å². The summed E-state index contributed by atoms with van der Waals surface area (Å²) in [7, 11) is 0. The lowest BCUT2D eigenvalue weighted by molar-refractivity contribution is -0.182. The first-order valence-corrected chi connectivity index (χ1v) is 14.8. The predicted octanol–water partition coefficient (Wildman–Crippen LogP) is 4.63. The highest BCUT2D eigenvalue weighted by molar-refractivity contribution is 5.75. The molecule has 5 N–H and O–H groups in total. The summed E-state index contributed by atoms with van der Waals surface area (Å²) in [4.78, 5) is 37.7. The Kier molecular flexibility index (Phi) is 5.70. The van der Waals surface area contributed by atoms with Crippen LogP contribution in [0.3, 0.4) is 0 Å². The molecule has 0 radical (unpaired) electrons. The molecule has 0 heterocycles. The van der Waals surface area contributed by atoms with Crippen molar-refractivity contribution >= 4 is 17.3 Å². The summed E-state index contributed by atoms with van der Waals surface area (Å²) in [6.07, 6.45) is 13.4. The molecule has 1 spiro atoms. The summed E-state index contributed by atoms with van der Waals surface area (Å²) in [5, 5.41) is 17.2. The highest BCUT2D eigenvalue weighted by Gasteiger charge is 2.68. The van der Waals surface area contributed by atoms with Crippen molar-refractivity contribution in [2.45, 2.75) is 122 Å². The van der Waals surface area contributed by atoms with Crippen LogP contribution in [0, 0.1) is 33.5 Å². The Labute approximate surface area is 220 Å². The zero-order valence-electron chi connectivity index (χ0n) is 22.8. The third-order valence-corrected chi connectivity index (χ3v) is 12.5. The van der Waals surface area contributed by atoms with Gasteiger partial charge in [-0.15, -0.1) is 0 Å². The van der Waals surface area contributed by atoms with E-state index in [0.29, 0.717) is 17.3 Å². The second-order valence-corrected chi connectivity index (χ2v) is 14.5. The smallest absolute Gasteiger partial charge is 0.309 e. The molecule has 6 rings (SSSR count). The molecule has 7 nitrogen and oxygen atoms in total. The van der Waals surface area contributed by atoms with Gasteiger partial charge in [-0.1, -0.05) is 33.1 Å². The van der Waals surface area contributed by atoms with Gasteiger partial charge in [0.15, 0.2) is 0 Å². The molecule has 5 aliphatic rings. The van der Waals surface area contributed by atoms with Gasteiger partial charge in [0.25, 0.3) is 10.9 Å². The Morgan fingerprint density at radius 1 is 0.865 bits per heavy atom. The lowest BCUT2D eigenvalue weighted by Crippen LogP contribution is -2.58. The average Bonchev–Trinajstić information content (AvgIpc) is 3.05. The molecular weight excluding hydrogens is 466 g/mol. The van der Waals surface area contributed by atoms with Crippen LogP contribution in [0.2, 0.25) is 0 Å². The maximum absolute atomic E-state index is 12.7. The molecule has 1 aromatic rings. The molecule has 0 amide bonds. The van der Waals surface area contributed by atoms with Crippen molar-refractivity contribution in [3.8, 4) is 0 Å². The van der Waals surface area contributed by atoms with Crippen molar-refractivity contribution < 1.29 is 9.90 Å². The lowest BCUT2D eigenvalue weighted by Gasteiger charge is -2.64. The summed E-state index contributed by atoms with van der Waals surface area (Å²) in [5.74, 6) is 0.120. The Bertz CT molecular complexity index is 1170.